The molecule has 0 saturated heterocycles. The minimum atomic E-state index is 0.254. The first-order chi connectivity index (χ1) is 8.86. The molecule has 3 rings (SSSR count). The molecule has 0 spiro atoms. The molecule has 0 aromatic carbocycles. The molecule has 1 atom stereocenters. The highest BCUT2D eigenvalue weighted by molar-refractivity contribution is 7.98. The molecular weight excluding hydrogens is 280 g/mol. The predicted octanol–water partition coefficient (Wildman–Crippen LogP) is 3.35. The van der Waals surface area contributed by atoms with E-state index in [1.807, 2.05) is 23.1 Å². The van der Waals surface area contributed by atoms with Gasteiger partial charge in [0, 0.05) is 26.8 Å². The van der Waals surface area contributed by atoms with Crippen LogP contribution in [0.25, 0.3) is 0 Å². The maximum atomic E-state index is 5.74. The Balaban J connectivity index is 1.80. The predicted molar refractivity (Wildman–Crippen MR) is 82.3 cm³/mol. The van der Waals surface area contributed by atoms with Gasteiger partial charge in [0.2, 0.25) is 0 Å². The summed E-state index contributed by atoms with van der Waals surface area (Å²) in [5, 5.41) is 2.12. The van der Waals surface area contributed by atoms with Crippen molar-refractivity contribution in [1.29, 1.82) is 0 Å². The summed E-state index contributed by atoms with van der Waals surface area (Å²) in [5.41, 5.74) is 4.50. The van der Waals surface area contributed by atoms with Gasteiger partial charge in [-0.1, -0.05) is 6.07 Å². The fourth-order valence-corrected chi connectivity index (χ4v) is 5.40. The van der Waals surface area contributed by atoms with Gasteiger partial charge in [0.1, 0.15) is 0 Å². The van der Waals surface area contributed by atoms with Crippen molar-refractivity contribution in [2.75, 3.05) is 5.75 Å². The molecule has 2 nitrogen and oxygen atoms in total. The van der Waals surface area contributed by atoms with Crippen LogP contribution in [0, 0.1) is 0 Å². The Morgan fingerprint density at radius 3 is 3.11 bits per heavy atom. The first kappa shape index (κ1) is 12.7. The summed E-state index contributed by atoms with van der Waals surface area (Å²) < 4.78 is 0. The van der Waals surface area contributed by atoms with E-state index in [4.69, 9.17) is 5.84 Å². The van der Waals surface area contributed by atoms with Crippen LogP contribution in [0.3, 0.4) is 0 Å². The van der Waals surface area contributed by atoms with Crippen LogP contribution >= 0.6 is 34.4 Å². The number of hydrogen-bond acceptors (Lipinski definition) is 5. The zero-order valence-electron chi connectivity index (χ0n) is 10.0. The molecule has 5 heteroatoms. The second-order valence-electron chi connectivity index (χ2n) is 4.40. The van der Waals surface area contributed by atoms with Crippen molar-refractivity contribution >= 4 is 34.4 Å². The van der Waals surface area contributed by atoms with E-state index in [1.54, 1.807) is 16.2 Å². The van der Waals surface area contributed by atoms with Gasteiger partial charge >= 0.3 is 0 Å². The summed E-state index contributed by atoms with van der Waals surface area (Å²) >= 11 is 5.77. The highest BCUT2D eigenvalue weighted by Crippen LogP contribution is 2.35. The van der Waals surface area contributed by atoms with Gasteiger partial charge in [-0.2, -0.15) is 11.8 Å². The van der Waals surface area contributed by atoms with Crippen LogP contribution in [0.5, 0.6) is 0 Å². The van der Waals surface area contributed by atoms with Crippen LogP contribution in [0.2, 0.25) is 0 Å². The lowest BCUT2D eigenvalue weighted by Crippen LogP contribution is -2.28. The topological polar surface area (TPSA) is 38.0 Å². The quantitative estimate of drug-likeness (QED) is 0.671. The summed E-state index contributed by atoms with van der Waals surface area (Å²) in [6.07, 6.45) is 2.21. The van der Waals surface area contributed by atoms with E-state index in [0.29, 0.717) is 0 Å². The van der Waals surface area contributed by atoms with Crippen LogP contribution in [0.15, 0.2) is 23.6 Å². The minimum Gasteiger partial charge on any atom is -0.271 e. The lowest BCUT2D eigenvalue weighted by atomic mass is 10.1. The lowest BCUT2D eigenvalue weighted by molar-refractivity contribution is 0.564. The van der Waals surface area contributed by atoms with Gasteiger partial charge < -0.3 is 0 Å². The highest BCUT2D eigenvalue weighted by atomic mass is 32.2. The molecule has 3 N–H and O–H groups in total. The molecule has 1 unspecified atom stereocenters. The standard InChI is InChI=1S/C13H16N2S3/c14-15-11(7-10-2-1-4-17-10)13-6-9-8-16-5-3-12(9)18-13/h1-2,4,6,11,15H,3,5,7-8,14H2. The monoisotopic (exact) mass is 296 g/mol. The number of fused-ring (bicyclic) bond motifs is 1. The van der Waals surface area contributed by atoms with Gasteiger partial charge in [-0.3, -0.25) is 11.3 Å². The SMILES string of the molecule is NNC(Cc1cccs1)c1cc2c(s1)CCSC2. The Bertz CT molecular complexity index is 481. The van der Waals surface area contributed by atoms with Crippen LogP contribution in [-0.4, -0.2) is 5.75 Å². The maximum Gasteiger partial charge on any atom is 0.0601 e. The van der Waals surface area contributed by atoms with Gasteiger partial charge in [0.25, 0.3) is 0 Å². The Morgan fingerprint density at radius 2 is 2.39 bits per heavy atom. The van der Waals surface area contributed by atoms with Crippen molar-refractivity contribution in [2.24, 2.45) is 5.84 Å². The van der Waals surface area contributed by atoms with Crippen molar-refractivity contribution in [3.05, 3.63) is 43.8 Å². The maximum absolute atomic E-state index is 5.74. The summed E-state index contributed by atoms with van der Waals surface area (Å²) in [7, 11) is 0. The summed E-state index contributed by atoms with van der Waals surface area (Å²) in [4.78, 5) is 4.34. The van der Waals surface area contributed by atoms with Gasteiger partial charge in [-0.15, -0.1) is 22.7 Å². The fourth-order valence-electron chi connectivity index (χ4n) is 2.21. The van der Waals surface area contributed by atoms with Crippen LogP contribution < -0.4 is 11.3 Å². The molecule has 18 heavy (non-hydrogen) atoms. The van der Waals surface area contributed by atoms with Crippen molar-refractivity contribution in [1.82, 2.24) is 5.43 Å². The lowest BCUT2D eigenvalue weighted by Gasteiger charge is -2.12. The molecule has 0 aliphatic carbocycles. The Kier molecular flexibility index (Phi) is 4.06. The molecule has 0 fully saturated rings. The fraction of sp³-hybridized carbons (Fsp3) is 0.385. The molecule has 0 radical (unpaired) electrons. The van der Waals surface area contributed by atoms with Crippen LogP contribution in [0.1, 0.15) is 26.2 Å². The molecule has 96 valence electrons. The zero-order chi connectivity index (χ0) is 12.4. The van der Waals surface area contributed by atoms with E-state index in [1.165, 1.54) is 33.2 Å². The normalized spacial score (nSPS) is 16.5. The first-order valence-electron chi connectivity index (χ1n) is 6.04. The summed E-state index contributed by atoms with van der Waals surface area (Å²) in [5.74, 6) is 8.17. The second-order valence-corrected chi connectivity index (χ2v) is 7.71. The third-order valence-corrected chi connectivity index (χ3v) is 6.43. The molecular formula is C13H16N2S3. The number of rotatable bonds is 4. The molecule has 3 heterocycles. The van der Waals surface area contributed by atoms with E-state index in [2.05, 4.69) is 29.0 Å². The molecule has 1 aliphatic heterocycles. The van der Waals surface area contributed by atoms with Gasteiger partial charge in [0.15, 0.2) is 0 Å². The average Bonchev–Trinajstić information content (AvgIpc) is 3.04. The molecule has 0 bridgehead atoms. The van der Waals surface area contributed by atoms with Crippen molar-refractivity contribution in [2.45, 2.75) is 24.6 Å². The molecule has 2 aromatic heterocycles. The minimum absolute atomic E-state index is 0.254. The molecule has 2 aromatic rings. The molecule has 0 amide bonds. The average molecular weight is 296 g/mol. The van der Waals surface area contributed by atoms with Crippen LogP contribution in [-0.2, 0) is 18.6 Å². The largest absolute Gasteiger partial charge is 0.271 e. The number of nitrogens with two attached hydrogens (primary N) is 1. The first-order valence-corrected chi connectivity index (χ1v) is 8.89. The Morgan fingerprint density at radius 1 is 1.44 bits per heavy atom. The number of thioether (sulfide) groups is 1. The molecule has 1 aliphatic rings. The second kappa shape index (κ2) is 5.75. The number of hydrazine groups is 1. The number of aryl methyl sites for hydroxylation is 1. The number of nitrogens with one attached hydrogen (secondary N) is 1. The number of thiophene rings is 2. The highest BCUT2D eigenvalue weighted by Gasteiger charge is 2.19. The van der Waals surface area contributed by atoms with E-state index in [0.717, 1.165) is 6.42 Å². The van der Waals surface area contributed by atoms with Crippen molar-refractivity contribution in [3.8, 4) is 0 Å². The van der Waals surface area contributed by atoms with E-state index < -0.39 is 0 Å². The molecule has 0 saturated carbocycles. The number of hydrogen-bond donors (Lipinski definition) is 2. The van der Waals surface area contributed by atoms with E-state index >= 15 is 0 Å². The van der Waals surface area contributed by atoms with Gasteiger partial charge in [-0.25, -0.2) is 0 Å². The van der Waals surface area contributed by atoms with Crippen molar-refractivity contribution in [3.63, 3.8) is 0 Å². The zero-order valence-corrected chi connectivity index (χ0v) is 12.5. The summed E-state index contributed by atoms with van der Waals surface area (Å²) in [6, 6.07) is 6.89. The Labute approximate surface area is 120 Å². The van der Waals surface area contributed by atoms with Crippen LogP contribution in [0.4, 0.5) is 0 Å². The van der Waals surface area contributed by atoms with E-state index in [-0.39, 0.29) is 6.04 Å². The van der Waals surface area contributed by atoms with E-state index in [9.17, 15) is 0 Å². The van der Waals surface area contributed by atoms with Gasteiger partial charge in [0.05, 0.1) is 6.04 Å². The Hall–Kier alpha value is -0.330. The smallest absolute Gasteiger partial charge is 0.0601 e. The summed E-state index contributed by atoms with van der Waals surface area (Å²) in [6.45, 7) is 0. The van der Waals surface area contributed by atoms with Gasteiger partial charge in [-0.05, 0) is 35.2 Å². The third-order valence-electron chi connectivity index (χ3n) is 3.18. The third kappa shape index (κ3) is 2.65. The van der Waals surface area contributed by atoms with Crippen molar-refractivity contribution < 1.29 is 0 Å².